The predicted octanol–water partition coefficient (Wildman–Crippen LogP) is 4.02. The number of aryl methyl sites for hydroxylation is 1. The van der Waals surface area contributed by atoms with Crippen molar-refractivity contribution < 1.29 is 0 Å². The minimum Gasteiger partial charge on any atom is -0.353 e. The Balaban J connectivity index is 1.56. The lowest BCUT2D eigenvalue weighted by molar-refractivity contribution is 0.765. The van der Waals surface area contributed by atoms with Crippen LogP contribution in [0.4, 0.5) is 5.13 Å². The van der Waals surface area contributed by atoms with Crippen LogP contribution in [0.5, 0.6) is 0 Å². The molecule has 0 fully saturated rings. The zero-order chi connectivity index (χ0) is 16.7. The van der Waals surface area contributed by atoms with Crippen LogP contribution in [0.15, 0.2) is 42.9 Å². The summed E-state index contributed by atoms with van der Waals surface area (Å²) in [5.74, 6) is 0. The second kappa shape index (κ2) is 5.92. The first-order valence-corrected chi connectivity index (χ1v) is 8.65. The van der Waals surface area contributed by atoms with Gasteiger partial charge in [0.1, 0.15) is 0 Å². The molecule has 4 aromatic rings. The fourth-order valence-corrected chi connectivity index (χ4v) is 3.44. The molecule has 0 radical (unpaired) electrons. The van der Waals surface area contributed by atoms with E-state index in [0.717, 1.165) is 26.9 Å². The van der Waals surface area contributed by atoms with Gasteiger partial charge in [-0.15, -0.1) is 5.10 Å². The molecule has 0 aliphatic rings. The van der Waals surface area contributed by atoms with E-state index >= 15 is 0 Å². The second-order valence-electron chi connectivity index (χ2n) is 5.58. The highest BCUT2D eigenvalue weighted by Crippen LogP contribution is 2.27. The van der Waals surface area contributed by atoms with Crippen LogP contribution < -0.4 is 5.32 Å². The SMILES string of the molecule is CC(Nc1nn2cc(-c3ccc(Cl)cc3)nc2s1)c1cnn(C)c1. The van der Waals surface area contributed by atoms with Crippen molar-refractivity contribution in [3.05, 3.63) is 53.4 Å². The van der Waals surface area contributed by atoms with Crippen LogP contribution >= 0.6 is 22.9 Å². The highest BCUT2D eigenvalue weighted by atomic mass is 35.5. The number of hydrogen-bond acceptors (Lipinski definition) is 5. The molecule has 0 bridgehead atoms. The number of imidazole rings is 1. The molecule has 3 heterocycles. The first kappa shape index (κ1) is 15.2. The lowest BCUT2D eigenvalue weighted by Crippen LogP contribution is -2.05. The van der Waals surface area contributed by atoms with E-state index in [1.807, 2.05) is 49.9 Å². The van der Waals surface area contributed by atoms with E-state index in [2.05, 4.69) is 27.4 Å². The van der Waals surface area contributed by atoms with Crippen LogP contribution in [0.2, 0.25) is 5.02 Å². The van der Waals surface area contributed by atoms with Gasteiger partial charge in [-0.25, -0.2) is 9.50 Å². The Morgan fingerprint density at radius 2 is 2.00 bits per heavy atom. The Kier molecular flexibility index (Phi) is 3.74. The van der Waals surface area contributed by atoms with Gasteiger partial charge in [0.25, 0.3) is 0 Å². The summed E-state index contributed by atoms with van der Waals surface area (Å²) in [6, 6.07) is 7.77. The third-order valence-electron chi connectivity index (χ3n) is 3.75. The molecule has 24 heavy (non-hydrogen) atoms. The van der Waals surface area contributed by atoms with E-state index in [9.17, 15) is 0 Å². The van der Waals surface area contributed by atoms with Crippen molar-refractivity contribution in [3.63, 3.8) is 0 Å². The molecular formula is C16H15ClN6S. The molecule has 1 atom stereocenters. The van der Waals surface area contributed by atoms with Crippen LogP contribution in [0.1, 0.15) is 18.5 Å². The van der Waals surface area contributed by atoms with Crippen molar-refractivity contribution in [2.24, 2.45) is 7.05 Å². The number of nitrogens with zero attached hydrogens (tertiary/aromatic N) is 5. The smallest absolute Gasteiger partial charge is 0.214 e. The number of nitrogens with one attached hydrogen (secondary N) is 1. The minimum atomic E-state index is 0.130. The van der Waals surface area contributed by atoms with Gasteiger partial charge in [-0.3, -0.25) is 4.68 Å². The molecular weight excluding hydrogens is 344 g/mol. The number of halogens is 1. The number of anilines is 1. The Morgan fingerprint density at radius 3 is 2.67 bits per heavy atom. The molecule has 0 spiro atoms. The maximum absolute atomic E-state index is 5.93. The minimum absolute atomic E-state index is 0.130. The fourth-order valence-electron chi connectivity index (χ4n) is 2.45. The summed E-state index contributed by atoms with van der Waals surface area (Å²) in [7, 11) is 1.91. The zero-order valence-corrected chi connectivity index (χ0v) is 14.7. The molecule has 1 N–H and O–H groups in total. The quantitative estimate of drug-likeness (QED) is 0.598. The van der Waals surface area contributed by atoms with Crippen LogP contribution in [-0.4, -0.2) is 24.4 Å². The van der Waals surface area contributed by atoms with Crippen LogP contribution in [-0.2, 0) is 7.05 Å². The molecule has 3 aromatic heterocycles. The predicted molar refractivity (Wildman–Crippen MR) is 96.6 cm³/mol. The molecule has 0 saturated carbocycles. The van der Waals surface area contributed by atoms with E-state index in [-0.39, 0.29) is 6.04 Å². The van der Waals surface area contributed by atoms with Gasteiger partial charge in [-0.2, -0.15) is 5.10 Å². The van der Waals surface area contributed by atoms with Crippen molar-refractivity contribution >= 4 is 33.0 Å². The number of fused-ring (bicyclic) bond motifs is 1. The first-order valence-electron chi connectivity index (χ1n) is 7.46. The Bertz CT molecular complexity index is 952. The van der Waals surface area contributed by atoms with E-state index in [1.165, 1.54) is 11.3 Å². The Morgan fingerprint density at radius 1 is 1.21 bits per heavy atom. The normalized spacial score (nSPS) is 12.6. The molecule has 8 heteroatoms. The van der Waals surface area contributed by atoms with Gasteiger partial charge in [0.05, 0.1) is 24.1 Å². The van der Waals surface area contributed by atoms with Gasteiger partial charge >= 0.3 is 0 Å². The van der Waals surface area contributed by atoms with Gasteiger partial charge in [-0.05, 0) is 19.1 Å². The maximum Gasteiger partial charge on any atom is 0.214 e. The Labute approximate surface area is 147 Å². The third-order valence-corrected chi connectivity index (χ3v) is 4.85. The number of rotatable bonds is 4. The molecule has 4 rings (SSSR count). The number of hydrogen-bond donors (Lipinski definition) is 1. The lowest BCUT2D eigenvalue weighted by Gasteiger charge is -2.09. The molecule has 0 saturated heterocycles. The summed E-state index contributed by atoms with van der Waals surface area (Å²) < 4.78 is 3.59. The van der Waals surface area contributed by atoms with Crippen LogP contribution in [0.3, 0.4) is 0 Å². The second-order valence-corrected chi connectivity index (χ2v) is 6.97. The van der Waals surface area contributed by atoms with E-state index in [0.29, 0.717) is 5.02 Å². The van der Waals surface area contributed by atoms with Crippen molar-refractivity contribution in [2.75, 3.05) is 5.32 Å². The first-order chi connectivity index (χ1) is 11.6. The monoisotopic (exact) mass is 358 g/mol. The molecule has 0 aliphatic heterocycles. The highest BCUT2D eigenvalue weighted by molar-refractivity contribution is 7.20. The summed E-state index contributed by atoms with van der Waals surface area (Å²) in [5.41, 5.74) is 3.03. The molecule has 122 valence electrons. The summed E-state index contributed by atoms with van der Waals surface area (Å²) >= 11 is 7.45. The summed E-state index contributed by atoms with van der Waals surface area (Å²) in [6.45, 7) is 2.08. The van der Waals surface area contributed by atoms with Gasteiger partial charge in [0.2, 0.25) is 10.1 Å². The largest absolute Gasteiger partial charge is 0.353 e. The van der Waals surface area contributed by atoms with Crippen molar-refractivity contribution in [2.45, 2.75) is 13.0 Å². The number of aromatic nitrogens is 5. The summed E-state index contributed by atoms with van der Waals surface area (Å²) in [5, 5.41) is 13.7. The van der Waals surface area contributed by atoms with Crippen molar-refractivity contribution in [3.8, 4) is 11.3 Å². The topological polar surface area (TPSA) is 60.0 Å². The molecule has 0 aliphatic carbocycles. The highest BCUT2D eigenvalue weighted by Gasteiger charge is 2.13. The average Bonchev–Trinajstić information content (AvgIpc) is 3.22. The van der Waals surface area contributed by atoms with Crippen LogP contribution in [0, 0.1) is 0 Å². The van der Waals surface area contributed by atoms with Crippen LogP contribution in [0.25, 0.3) is 16.2 Å². The van der Waals surface area contributed by atoms with Crippen molar-refractivity contribution in [1.29, 1.82) is 0 Å². The molecule has 6 nitrogen and oxygen atoms in total. The van der Waals surface area contributed by atoms with E-state index < -0.39 is 0 Å². The lowest BCUT2D eigenvalue weighted by atomic mass is 10.2. The summed E-state index contributed by atoms with van der Waals surface area (Å²) in [6.07, 6.45) is 5.78. The van der Waals surface area contributed by atoms with E-state index in [1.54, 1.807) is 9.20 Å². The van der Waals surface area contributed by atoms with Gasteiger partial charge in [-0.1, -0.05) is 35.1 Å². The third kappa shape index (κ3) is 2.88. The number of benzene rings is 1. The Hall–Kier alpha value is -2.38. The standard InChI is InChI=1S/C16H15ClN6S/c1-10(12-7-18-22(2)8-12)19-15-21-23-9-14(20-16(23)24-15)11-3-5-13(17)6-4-11/h3-10H,1-2H3,(H,19,21). The molecule has 1 unspecified atom stereocenters. The van der Waals surface area contributed by atoms with Gasteiger partial charge in [0, 0.05) is 29.4 Å². The maximum atomic E-state index is 5.93. The van der Waals surface area contributed by atoms with Gasteiger partial charge in [0.15, 0.2) is 0 Å². The zero-order valence-electron chi connectivity index (χ0n) is 13.1. The average molecular weight is 359 g/mol. The van der Waals surface area contributed by atoms with Crippen molar-refractivity contribution in [1.82, 2.24) is 24.4 Å². The summed E-state index contributed by atoms with van der Waals surface area (Å²) in [4.78, 5) is 5.48. The molecule has 1 aromatic carbocycles. The van der Waals surface area contributed by atoms with Gasteiger partial charge < -0.3 is 5.32 Å². The molecule has 0 amide bonds. The fraction of sp³-hybridized carbons (Fsp3) is 0.188. The van der Waals surface area contributed by atoms with E-state index in [4.69, 9.17) is 11.6 Å².